The lowest BCUT2D eigenvalue weighted by molar-refractivity contribution is -0.384. The van der Waals surface area contributed by atoms with Gasteiger partial charge >= 0.3 is 0 Å². The van der Waals surface area contributed by atoms with Crippen molar-refractivity contribution in [1.29, 1.82) is 0 Å². The third-order valence-electron chi connectivity index (χ3n) is 7.24. The molecule has 0 saturated heterocycles. The van der Waals surface area contributed by atoms with Gasteiger partial charge in [-0.3, -0.25) is 14.9 Å². The third kappa shape index (κ3) is 5.60. The second-order valence-electron chi connectivity index (χ2n) is 9.93. The molecule has 1 unspecified atom stereocenters. The molecular weight excluding hydrogens is 525 g/mol. The molecule has 2 heterocycles. The number of hydrogen-bond donors (Lipinski definition) is 1. The number of non-ortho nitro benzene ring substituents is 1. The summed E-state index contributed by atoms with van der Waals surface area (Å²) in [7, 11) is 0. The minimum absolute atomic E-state index is 0.0150. The van der Waals surface area contributed by atoms with Crippen LogP contribution in [0, 0.1) is 15.9 Å². The average Bonchev–Trinajstić information content (AvgIpc) is 3.59. The van der Waals surface area contributed by atoms with Gasteiger partial charge in [0, 0.05) is 54.7 Å². The highest BCUT2D eigenvalue weighted by molar-refractivity contribution is 5.88. The Morgan fingerprint density at radius 1 is 0.951 bits per heavy atom. The van der Waals surface area contributed by atoms with Crippen molar-refractivity contribution in [2.45, 2.75) is 25.4 Å². The van der Waals surface area contributed by atoms with Crippen LogP contribution in [0.4, 0.5) is 10.1 Å². The van der Waals surface area contributed by atoms with E-state index in [2.05, 4.69) is 5.32 Å². The minimum atomic E-state index is -0.552. The Bertz CT molecular complexity index is 1750. The number of hydrogen-bond acceptors (Lipinski definition) is 5. The Morgan fingerprint density at radius 2 is 1.78 bits per heavy atom. The first-order valence-corrected chi connectivity index (χ1v) is 13.2. The molecule has 1 amide bonds. The van der Waals surface area contributed by atoms with Gasteiger partial charge in [0.25, 0.3) is 5.69 Å². The quantitative estimate of drug-likeness (QED) is 0.171. The molecule has 0 aliphatic carbocycles. The highest BCUT2D eigenvalue weighted by atomic mass is 19.1. The molecule has 5 aromatic rings. The number of carbonyl (C=O) groups excluding carboxylic acids is 1. The molecule has 4 aromatic carbocycles. The summed E-state index contributed by atoms with van der Waals surface area (Å²) in [4.78, 5) is 24.6. The number of nitrogens with zero attached hydrogens (tertiary/aromatic N) is 2. The number of ether oxygens (including phenoxy) is 2. The van der Waals surface area contributed by atoms with Crippen LogP contribution in [-0.2, 0) is 17.9 Å². The Hall–Kier alpha value is -5.18. The van der Waals surface area contributed by atoms with Crippen LogP contribution in [0.2, 0.25) is 0 Å². The van der Waals surface area contributed by atoms with Gasteiger partial charge in [0.15, 0.2) is 11.5 Å². The maximum Gasteiger partial charge on any atom is 0.270 e. The normalized spacial score (nSPS) is 12.8. The van der Waals surface area contributed by atoms with E-state index in [0.717, 1.165) is 16.6 Å². The zero-order valence-electron chi connectivity index (χ0n) is 22.0. The highest BCUT2D eigenvalue weighted by Gasteiger charge is 2.25. The van der Waals surface area contributed by atoms with E-state index in [1.165, 1.54) is 24.3 Å². The number of carbonyl (C=O) groups is 1. The summed E-state index contributed by atoms with van der Waals surface area (Å²) in [6.45, 7) is 0.963. The maximum atomic E-state index is 14.4. The topological polar surface area (TPSA) is 95.6 Å². The van der Waals surface area contributed by atoms with Crippen LogP contribution in [0.3, 0.4) is 0 Å². The van der Waals surface area contributed by atoms with Crippen LogP contribution in [0.5, 0.6) is 11.5 Å². The number of nitro groups is 1. The van der Waals surface area contributed by atoms with Gasteiger partial charge in [0.1, 0.15) is 5.82 Å². The van der Waals surface area contributed by atoms with Gasteiger partial charge in [-0.1, -0.05) is 48.5 Å². The van der Waals surface area contributed by atoms with E-state index in [9.17, 15) is 19.3 Å². The third-order valence-corrected chi connectivity index (χ3v) is 7.24. The van der Waals surface area contributed by atoms with Crippen molar-refractivity contribution in [2.75, 3.05) is 6.79 Å². The van der Waals surface area contributed by atoms with Crippen molar-refractivity contribution in [1.82, 2.24) is 9.88 Å². The molecule has 9 heteroatoms. The summed E-state index contributed by atoms with van der Waals surface area (Å²) in [6, 6.07) is 26.2. The number of fused-ring (bicyclic) bond motifs is 2. The lowest BCUT2D eigenvalue weighted by Gasteiger charge is -2.17. The van der Waals surface area contributed by atoms with Crippen LogP contribution in [0.15, 0.2) is 97.2 Å². The van der Waals surface area contributed by atoms with Crippen molar-refractivity contribution < 1.29 is 23.6 Å². The van der Waals surface area contributed by atoms with Crippen LogP contribution < -0.4 is 14.8 Å². The van der Waals surface area contributed by atoms with Crippen molar-refractivity contribution in [3.05, 3.63) is 135 Å². The molecule has 41 heavy (non-hydrogen) atoms. The molecule has 0 fully saturated rings. The van der Waals surface area contributed by atoms with Gasteiger partial charge in [-0.2, -0.15) is 0 Å². The summed E-state index contributed by atoms with van der Waals surface area (Å²) in [5, 5.41) is 15.3. The Balaban J connectivity index is 1.36. The summed E-state index contributed by atoms with van der Waals surface area (Å²) in [5.74, 6) is 0.0667. The standard InChI is InChI=1S/C32H26FN3O5/c33-24-8-4-7-23(14-24)26(16-32(37)34-17-22-9-12-30-31(13-22)41-20-40-30)28-19-35(18-21-5-2-1-3-6-21)29-11-10-25(36(38)39)15-27(28)29/h1-15,19,26H,16-18,20H2,(H,34,37). The number of amides is 1. The molecular formula is C32H26FN3O5. The summed E-state index contributed by atoms with van der Waals surface area (Å²) in [6.07, 6.45) is 1.93. The first kappa shape index (κ1) is 26.1. The lowest BCUT2D eigenvalue weighted by Crippen LogP contribution is -2.25. The SMILES string of the molecule is O=C(CC(c1cccc(F)c1)c1cn(Cc2ccccc2)c2ccc([N+](=O)[O-])cc12)NCc1ccc2c(c1)OCO2. The highest BCUT2D eigenvalue weighted by Crippen LogP contribution is 2.37. The molecule has 1 atom stereocenters. The molecule has 0 bridgehead atoms. The molecule has 1 aliphatic rings. The van der Waals surface area contributed by atoms with E-state index < -0.39 is 16.7 Å². The fourth-order valence-electron chi connectivity index (χ4n) is 5.25. The fourth-order valence-corrected chi connectivity index (χ4v) is 5.25. The Kier molecular flexibility index (Phi) is 7.08. The number of aromatic nitrogens is 1. The molecule has 6 rings (SSSR count). The van der Waals surface area contributed by atoms with Gasteiger partial charge in [-0.05, 0) is 52.6 Å². The molecule has 1 aliphatic heterocycles. The largest absolute Gasteiger partial charge is 0.454 e. The predicted octanol–water partition coefficient (Wildman–Crippen LogP) is 6.30. The molecule has 1 aromatic heterocycles. The van der Waals surface area contributed by atoms with E-state index in [4.69, 9.17) is 9.47 Å². The summed E-state index contributed by atoms with van der Waals surface area (Å²) in [5.41, 5.74) is 3.95. The van der Waals surface area contributed by atoms with Gasteiger partial charge in [-0.25, -0.2) is 4.39 Å². The second kappa shape index (κ2) is 11.1. The van der Waals surface area contributed by atoms with E-state index >= 15 is 0 Å². The minimum Gasteiger partial charge on any atom is -0.454 e. The number of halogens is 1. The number of nitrogens with one attached hydrogen (secondary N) is 1. The van der Waals surface area contributed by atoms with Crippen molar-refractivity contribution in [3.63, 3.8) is 0 Å². The smallest absolute Gasteiger partial charge is 0.270 e. The van der Waals surface area contributed by atoms with Gasteiger partial charge in [0.05, 0.1) is 4.92 Å². The van der Waals surface area contributed by atoms with E-state index in [1.54, 1.807) is 24.3 Å². The first-order chi connectivity index (χ1) is 19.9. The lowest BCUT2D eigenvalue weighted by atomic mass is 9.87. The molecule has 8 nitrogen and oxygen atoms in total. The second-order valence-corrected chi connectivity index (χ2v) is 9.93. The van der Waals surface area contributed by atoms with Gasteiger partial charge < -0.3 is 19.4 Å². The average molecular weight is 552 g/mol. The van der Waals surface area contributed by atoms with Gasteiger partial charge in [0.2, 0.25) is 12.7 Å². The molecule has 0 spiro atoms. The molecule has 206 valence electrons. The summed E-state index contributed by atoms with van der Waals surface area (Å²) >= 11 is 0. The Labute approximate surface area is 235 Å². The first-order valence-electron chi connectivity index (χ1n) is 13.2. The van der Waals surface area contributed by atoms with Crippen LogP contribution in [0.25, 0.3) is 10.9 Å². The van der Waals surface area contributed by atoms with Crippen LogP contribution >= 0.6 is 0 Å². The number of rotatable bonds is 9. The number of benzene rings is 4. The monoisotopic (exact) mass is 551 g/mol. The van der Waals surface area contributed by atoms with E-state index in [-0.39, 0.29) is 31.4 Å². The molecule has 0 saturated carbocycles. The predicted molar refractivity (Wildman–Crippen MR) is 151 cm³/mol. The Morgan fingerprint density at radius 3 is 2.59 bits per heavy atom. The fraction of sp³-hybridized carbons (Fsp3) is 0.156. The van der Waals surface area contributed by atoms with Crippen molar-refractivity contribution in [3.8, 4) is 11.5 Å². The van der Waals surface area contributed by atoms with E-state index in [1.807, 2.05) is 53.2 Å². The van der Waals surface area contributed by atoms with Crippen LogP contribution in [0.1, 0.15) is 34.6 Å². The molecule has 0 radical (unpaired) electrons. The van der Waals surface area contributed by atoms with Crippen molar-refractivity contribution in [2.24, 2.45) is 0 Å². The van der Waals surface area contributed by atoms with Gasteiger partial charge in [-0.15, -0.1) is 0 Å². The zero-order valence-corrected chi connectivity index (χ0v) is 22.0. The maximum absolute atomic E-state index is 14.4. The van der Waals surface area contributed by atoms with E-state index in [0.29, 0.717) is 34.6 Å². The van der Waals surface area contributed by atoms with Crippen molar-refractivity contribution >= 4 is 22.5 Å². The summed E-state index contributed by atoms with van der Waals surface area (Å²) < 4.78 is 27.2. The molecule has 1 N–H and O–H groups in total. The van der Waals surface area contributed by atoms with Crippen LogP contribution in [-0.4, -0.2) is 22.2 Å². The number of nitro benzene ring substituents is 1. The zero-order chi connectivity index (χ0) is 28.3.